The molecule has 64 valence electrons. The van der Waals surface area contributed by atoms with Gasteiger partial charge in [0, 0.05) is 13.1 Å². The lowest BCUT2D eigenvalue weighted by atomic mass is 10.3. The first-order valence-corrected chi connectivity index (χ1v) is 4.81. The van der Waals surface area contributed by atoms with Gasteiger partial charge in [0.2, 0.25) is 5.91 Å². The van der Waals surface area contributed by atoms with Crippen molar-refractivity contribution < 1.29 is 9.53 Å². The van der Waals surface area contributed by atoms with E-state index in [1.54, 1.807) is 0 Å². The van der Waals surface area contributed by atoms with Crippen molar-refractivity contribution in [3.05, 3.63) is 0 Å². The molecule has 3 nitrogen and oxygen atoms in total. The monoisotopic (exact) mass is 221 g/mol. The van der Waals surface area contributed by atoms with Crippen molar-refractivity contribution in [3.63, 3.8) is 0 Å². The molecule has 0 spiro atoms. The van der Waals surface area contributed by atoms with Gasteiger partial charge in [-0.25, -0.2) is 0 Å². The van der Waals surface area contributed by atoms with Crippen molar-refractivity contribution in [1.29, 1.82) is 0 Å². The van der Waals surface area contributed by atoms with Gasteiger partial charge in [0.05, 0.1) is 18.0 Å². The average Bonchev–Trinajstić information content (AvgIpc) is 2.03. The molecule has 0 aromatic carbocycles. The van der Waals surface area contributed by atoms with E-state index < -0.39 is 0 Å². The van der Waals surface area contributed by atoms with Gasteiger partial charge >= 0.3 is 0 Å². The number of rotatable bonds is 1. The number of carbonyl (C=O) groups excluding carboxylic acids is 1. The van der Waals surface area contributed by atoms with Crippen molar-refractivity contribution in [2.24, 2.45) is 0 Å². The van der Waals surface area contributed by atoms with Crippen LogP contribution in [0.15, 0.2) is 0 Å². The fourth-order valence-electron chi connectivity index (χ4n) is 1.13. The van der Waals surface area contributed by atoms with E-state index in [0.29, 0.717) is 11.9 Å². The molecule has 0 aromatic rings. The smallest absolute Gasteiger partial charge is 0.233 e. The Morgan fingerprint density at radius 2 is 2.55 bits per heavy atom. The molecule has 1 heterocycles. The summed E-state index contributed by atoms with van der Waals surface area (Å²) >= 11 is 3.14. The second kappa shape index (κ2) is 4.07. The van der Waals surface area contributed by atoms with Crippen molar-refractivity contribution in [2.75, 3.05) is 25.0 Å². The summed E-state index contributed by atoms with van der Waals surface area (Å²) in [5.41, 5.74) is 0. The van der Waals surface area contributed by atoms with Crippen LogP contribution >= 0.6 is 15.9 Å². The minimum absolute atomic E-state index is 0.153. The number of alkyl halides is 1. The highest BCUT2D eigenvalue weighted by Gasteiger charge is 2.19. The first-order chi connectivity index (χ1) is 5.24. The molecule has 1 aliphatic rings. The molecule has 1 saturated heterocycles. The summed E-state index contributed by atoms with van der Waals surface area (Å²) in [5, 5.41) is 0.416. The fourth-order valence-corrected chi connectivity index (χ4v) is 1.48. The summed E-state index contributed by atoms with van der Waals surface area (Å²) in [6.07, 6.45) is 0.187. The second-order valence-electron chi connectivity index (χ2n) is 2.65. The number of hydrogen-bond donors (Lipinski definition) is 0. The Hall–Kier alpha value is -0.0900. The molecule has 0 aromatic heterocycles. The van der Waals surface area contributed by atoms with Gasteiger partial charge in [-0.1, -0.05) is 15.9 Å². The van der Waals surface area contributed by atoms with Gasteiger partial charge < -0.3 is 9.64 Å². The summed E-state index contributed by atoms with van der Waals surface area (Å²) < 4.78 is 5.29. The van der Waals surface area contributed by atoms with Crippen LogP contribution in [-0.4, -0.2) is 41.9 Å². The van der Waals surface area contributed by atoms with Gasteiger partial charge in [0.1, 0.15) is 0 Å². The van der Waals surface area contributed by atoms with Crippen LogP contribution in [0.1, 0.15) is 6.92 Å². The second-order valence-corrected chi connectivity index (χ2v) is 3.22. The number of nitrogens with zero attached hydrogens (tertiary/aromatic N) is 1. The van der Waals surface area contributed by atoms with E-state index in [0.717, 1.165) is 13.1 Å². The van der Waals surface area contributed by atoms with Crippen LogP contribution in [-0.2, 0) is 9.53 Å². The van der Waals surface area contributed by atoms with Gasteiger partial charge in [0.25, 0.3) is 0 Å². The molecule has 1 unspecified atom stereocenters. The lowest BCUT2D eigenvalue weighted by Gasteiger charge is -2.30. The standard InChI is InChI=1S/C7H12BrNO2/c1-6-5-9(2-3-11-6)7(10)4-8/h6H,2-5H2,1H3. The maximum atomic E-state index is 11.1. The summed E-state index contributed by atoms with van der Waals surface area (Å²) in [4.78, 5) is 13.0. The maximum absolute atomic E-state index is 11.1. The molecule has 11 heavy (non-hydrogen) atoms. The predicted molar refractivity (Wildman–Crippen MR) is 45.8 cm³/mol. The Morgan fingerprint density at radius 3 is 3.09 bits per heavy atom. The largest absolute Gasteiger partial charge is 0.375 e. The van der Waals surface area contributed by atoms with Gasteiger partial charge in [-0.05, 0) is 6.92 Å². The highest BCUT2D eigenvalue weighted by atomic mass is 79.9. The molecular weight excluding hydrogens is 210 g/mol. The Bertz CT molecular complexity index is 151. The Morgan fingerprint density at radius 1 is 1.82 bits per heavy atom. The third-order valence-electron chi connectivity index (χ3n) is 1.71. The van der Waals surface area contributed by atoms with Crippen LogP contribution in [0.3, 0.4) is 0 Å². The van der Waals surface area contributed by atoms with E-state index in [-0.39, 0.29) is 12.0 Å². The molecule has 0 aliphatic carbocycles. The molecule has 1 fully saturated rings. The molecule has 1 aliphatic heterocycles. The zero-order chi connectivity index (χ0) is 8.27. The summed E-state index contributed by atoms with van der Waals surface area (Å²) in [5.74, 6) is 0.153. The normalized spacial score (nSPS) is 25.3. The van der Waals surface area contributed by atoms with Crippen LogP contribution in [0, 0.1) is 0 Å². The molecule has 1 atom stereocenters. The summed E-state index contributed by atoms with van der Waals surface area (Å²) in [6, 6.07) is 0. The van der Waals surface area contributed by atoms with Crippen molar-refractivity contribution in [3.8, 4) is 0 Å². The third-order valence-corrected chi connectivity index (χ3v) is 2.19. The zero-order valence-electron chi connectivity index (χ0n) is 6.55. The average molecular weight is 222 g/mol. The minimum atomic E-state index is 0.153. The van der Waals surface area contributed by atoms with Crippen molar-refractivity contribution in [2.45, 2.75) is 13.0 Å². The zero-order valence-corrected chi connectivity index (χ0v) is 8.13. The molecule has 0 N–H and O–H groups in total. The fraction of sp³-hybridized carbons (Fsp3) is 0.857. The van der Waals surface area contributed by atoms with Gasteiger partial charge in [-0.15, -0.1) is 0 Å². The van der Waals surface area contributed by atoms with Crippen LogP contribution in [0.25, 0.3) is 0 Å². The Labute approximate surface area is 74.8 Å². The Kier molecular flexibility index (Phi) is 3.33. The van der Waals surface area contributed by atoms with Crippen molar-refractivity contribution in [1.82, 2.24) is 4.90 Å². The van der Waals surface area contributed by atoms with Crippen LogP contribution < -0.4 is 0 Å². The van der Waals surface area contributed by atoms with E-state index in [1.165, 1.54) is 0 Å². The number of hydrogen-bond acceptors (Lipinski definition) is 2. The van der Waals surface area contributed by atoms with E-state index >= 15 is 0 Å². The number of halogens is 1. The van der Waals surface area contributed by atoms with Crippen LogP contribution in [0.4, 0.5) is 0 Å². The van der Waals surface area contributed by atoms with Gasteiger partial charge in [0.15, 0.2) is 0 Å². The molecule has 0 radical (unpaired) electrons. The minimum Gasteiger partial charge on any atom is -0.375 e. The summed E-state index contributed by atoms with van der Waals surface area (Å²) in [6.45, 7) is 4.10. The third kappa shape index (κ3) is 2.45. The highest BCUT2D eigenvalue weighted by molar-refractivity contribution is 9.09. The van der Waals surface area contributed by atoms with E-state index in [4.69, 9.17) is 4.74 Å². The van der Waals surface area contributed by atoms with E-state index in [9.17, 15) is 4.79 Å². The number of amides is 1. The molecule has 0 bridgehead atoms. The van der Waals surface area contributed by atoms with Crippen LogP contribution in [0.5, 0.6) is 0 Å². The van der Waals surface area contributed by atoms with Gasteiger partial charge in [-0.3, -0.25) is 4.79 Å². The lowest BCUT2D eigenvalue weighted by Crippen LogP contribution is -2.44. The Balaban J connectivity index is 2.39. The maximum Gasteiger partial charge on any atom is 0.233 e. The first-order valence-electron chi connectivity index (χ1n) is 3.69. The SMILES string of the molecule is CC1CN(C(=O)CBr)CCO1. The van der Waals surface area contributed by atoms with Gasteiger partial charge in [-0.2, -0.15) is 0 Å². The van der Waals surface area contributed by atoms with E-state index in [2.05, 4.69) is 15.9 Å². The molecule has 1 amide bonds. The quantitative estimate of drug-likeness (QED) is 0.609. The first kappa shape index (κ1) is 9.00. The molecular formula is C7H12BrNO2. The topological polar surface area (TPSA) is 29.5 Å². The predicted octanol–water partition coefficient (Wildman–Crippen LogP) is 0.629. The molecule has 4 heteroatoms. The molecule has 1 rings (SSSR count). The number of ether oxygens (including phenoxy) is 1. The lowest BCUT2D eigenvalue weighted by molar-refractivity contribution is -0.135. The van der Waals surface area contributed by atoms with Crippen LogP contribution in [0.2, 0.25) is 0 Å². The summed E-state index contributed by atoms with van der Waals surface area (Å²) in [7, 11) is 0. The van der Waals surface area contributed by atoms with Crippen molar-refractivity contribution >= 4 is 21.8 Å². The van der Waals surface area contributed by atoms with E-state index in [1.807, 2.05) is 11.8 Å². The molecule has 0 saturated carbocycles. The highest BCUT2D eigenvalue weighted by Crippen LogP contribution is 2.05. The number of morpholine rings is 1. The number of carbonyl (C=O) groups is 1.